The Bertz CT molecular complexity index is 1710. The maximum absolute atomic E-state index is 11.7. The summed E-state index contributed by atoms with van der Waals surface area (Å²) in [7, 11) is 3.66. The summed E-state index contributed by atoms with van der Waals surface area (Å²) < 4.78 is 13.2. The van der Waals surface area contributed by atoms with Crippen molar-refractivity contribution >= 4 is 22.8 Å². The Morgan fingerprint density at radius 3 is 2.75 bits per heavy atom. The molecule has 4 heterocycles. The fraction of sp³-hybridized carbons (Fsp3) is 0.379. The molecule has 0 saturated heterocycles. The first kappa shape index (κ1) is 26.3. The highest BCUT2D eigenvalue weighted by Crippen LogP contribution is 2.44. The zero-order chi connectivity index (χ0) is 27.9. The Hall–Kier alpha value is -3.89. The zero-order valence-corrected chi connectivity index (χ0v) is 23.4. The predicted octanol–water partition coefficient (Wildman–Crippen LogP) is 5.53. The molecule has 40 heavy (non-hydrogen) atoms. The summed E-state index contributed by atoms with van der Waals surface area (Å²) in [5.41, 5.74) is 2.34. The van der Waals surface area contributed by atoms with Crippen LogP contribution < -0.4 is 5.76 Å². The highest BCUT2D eigenvalue weighted by atomic mass is 35.5. The number of halogens is 1. The van der Waals surface area contributed by atoms with Crippen LogP contribution in [0.25, 0.3) is 34.1 Å². The van der Waals surface area contributed by atoms with Gasteiger partial charge >= 0.3 is 5.76 Å². The van der Waals surface area contributed by atoms with E-state index < -0.39 is 11.4 Å². The Kier molecular flexibility index (Phi) is 6.97. The zero-order valence-electron chi connectivity index (χ0n) is 22.6. The Labute approximate surface area is 235 Å². The maximum Gasteiger partial charge on any atom is 0.439 e. The first-order chi connectivity index (χ1) is 19.4. The van der Waals surface area contributed by atoms with E-state index in [-0.39, 0.29) is 11.6 Å². The standard InChI is InChI=1S/C29H30ClN7O3/c1-17-8-6-9-18(14-17)16-29(39-3,21-12-4-5-13-31-21)27-34-24-23(37(27)2)22(19-10-7-11-20(30)15-19)32-25(33-24)26-35-28(38)40-36-26/h4-5,7,10-13,15,17-18H,6,8-9,14,16H2,1-3H3,(H,35,36,38)/t17-,18?,29?/m0/s1. The molecule has 11 heteroatoms. The monoisotopic (exact) mass is 559 g/mol. The fourth-order valence-electron chi connectivity index (χ4n) is 6.08. The molecule has 5 aromatic rings. The van der Waals surface area contributed by atoms with Crippen molar-refractivity contribution in [3.63, 3.8) is 0 Å². The van der Waals surface area contributed by atoms with Crippen LogP contribution >= 0.6 is 11.6 Å². The molecule has 4 aromatic heterocycles. The average molecular weight is 560 g/mol. The summed E-state index contributed by atoms with van der Waals surface area (Å²) in [6.07, 6.45) is 7.21. The SMILES string of the molecule is COC(CC1CCC[C@H](C)C1)(c1ccccn1)c1nc2nc(-c3noc(=O)[nH]3)nc(-c3cccc(Cl)c3)c2n1C. The highest BCUT2D eigenvalue weighted by Gasteiger charge is 2.43. The largest absolute Gasteiger partial charge is 0.439 e. The van der Waals surface area contributed by atoms with Gasteiger partial charge in [0.2, 0.25) is 11.6 Å². The molecule has 0 amide bonds. The minimum Gasteiger partial charge on any atom is -0.364 e. The van der Waals surface area contributed by atoms with E-state index in [4.69, 9.17) is 40.8 Å². The van der Waals surface area contributed by atoms with Crippen LogP contribution in [0.4, 0.5) is 0 Å². The molecule has 0 aliphatic heterocycles. The van der Waals surface area contributed by atoms with E-state index in [9.17, 15) is 4.79 Å². The van der Waals surface area contributed by atoms with E-state index in [1.54, 1.807) is 19.4 Å². The van der Waals surface area contributed by atoms with Gasteiger partial charge in [0.15, 0.2) is 11.2 Å². The number of aromatic amines is 1. The predicted molar refractivity (Wildman–Crippen MR) is 151 cm³/mol. The number of methoxy groups -OCH3 is 1. The van der Waals surface area contributed by atoms with Gasteiger partial charge in [0.1, 0.15) is 17.0 Å². The van der Waals surface area contributed by atoms with Crippen molar-refractivity contribution in [2.75, 3.05) is 7.11 Å². The average Bonchev–Trinajstić information content (AvgIpc) is 3.55. The summed E-state index contributed by atoms with van der Waals surface area (Å²) in [5.74, 6) is 1.37. The minimum absolute atomic E-state index is 0.112. The van der Waals surface area contributed by atoms with Crippen molar-refractivity contribution in [3.8, 4) is 22.9 Å². The molecule has 1 aliphatic rings. The molecule has 1 aliphatic carbocycles. The third-order valence-corrected chi connectivity index (χ3v) is 8.13. The van der Waals surface area contributed by atoms with Crippen molar-refractivity contribution in [1.82, 2.24) is 34.6 Å². The number of pyridine rings is 1. The van der Waals surface area contributed by atoms with E-state index in [1.165, 1.54) is 12.8 Å². The number of rotatable bonds is 7. The second-order valence-corrected chi connectivity index (χ2v) is 11.0. The number of hydrogen-bond acceptors (Lipinski definition) is 8. The van der Waals surface area contributed by atoms with Gasteiger partial charge in [-0.2, -0.15) is 0 Å². The van der Waals surface area contributed by atoms with Gasteiger partial charge in [0, 0.05) is 30.9 Å². The lowest BCUT2D eigenvalue weighted by atomic mass is 9.75. The van der Waals surface area contributed by atoms with Gasteiger partial charge in [0.05, 0.1) is 5.69 Å². The first-order valence-electron chi connectivity index (χ1n) is 13.4. The van der Waals surface area contributed by atoms with E-state index in [0.717, 1.165) is 30.5 Å². The Morgan fingerprint density at radius 2 is 2.05 bits per heavy atom. The third kappa shape index (κ3) is 4.71. The molecule has 0 bridgehead atoms. The fourth-order valence-corrected chi connectivity index (χ4v) is 6.27. The number of fused-ring (bicyclic) bond motifs is 1. The van der Waals surface area contributed by atoms with Crippen molar-refractivity contribution in [1.29, 1.82) is 0 Å². The van der Waals surface area contributed by atoms with Crippen molar-refractivity contribution < 1.29 is 9.26 Å². The molecule has 6 rings (SSSR count). The molecule has 206 valence electrons. The normalized spacial score (nSPS) is 19.1. The van der Waals surface area contributed by atoms with E-state index in [0.29, 0.717) is 39.5 Å². The van der Waals surface area contributed by atoms with Crippen molar-refractivity contribution in [2.24, 2.45) is 18.9 Å². The van der Waals surface area contributed by atoms with Crippen LogP contribution in [0.2, 0.25) is 5.02 Å². The van der Waals surface area contributed by atoms with Crippen LogP contribution in [0.5, 0.6) is 0 Å². The molecule has 1 N–H and O–H groups in total. The smallest absolute Gasteiger partial charge is 0.364 e. The number of nitrogens with one attached hydrogen (secondary N) is 1. The summed E-state index contributed by atoms with van der Waals surface area (Å²) in [6.45, 7) is 2.32. The highest BCUT2D eigenvalue weighted by molar-refractivity contribution is 6.30. The number of ether oxygens (including phenoxy) is 1. The molecule has 2 unspecified atom stereocenters. The molecule has 1 saturated carbocycles. The number of imidazole rings is 1. The van der Waals surface area contributed by atoms with Gasteiger partial charge in [0.25, 0.3) is 0 Å². The quantitative estimate of drug-likeness (QED) is 0.276. The van der Waals surface area contributed by atoms with Gasteiger partial charge < -0.3 is 9.30 Å². The lowest BCUT2D eigenvalue weighted by Crippen LogP contribution is -2.37. The molecule has 1 fully saturated rings. The number of benzene rings is 1. The van der Waals surface area contributed by atoms with Gasteiger partial charge in [-0.3, -0.25) is 14.5 Å². The number of H-pyrrole nitrogens is 1. The topological polar surface area (TPSA) is 125 Å². The molecular formula is C29H30ClN7O3. The van der Waals surface area contributed by atoms with Crippen LogP contribution in [-0.4, -0.2) is 41.8 Å². The molecule has 0 spiro atoms. The lowest BCUT2D eigenvalue weighted by molar-refractivity contribution is -0.0180. The second-order valence-electron chi connectivity index (χ2n) is 10.6. The number of hydrogen-bond donors (Lipinski definition) is 1. The minimum atomic E-state index is -0.924. The van der Waals surface area contributed by atoms with Gasteiger partial charge in [-0.25, -0.2) is 19.7 Å². The van der Waals surface area contributed by atoms with Crippen LogP contribution in [-0.2, 0) is 17.4 Å². The summed E-state index contributed by atoms with van der Waals surface area (Å²) >= 11 is 6.38. The van der Waals surface area contributed by atoms with E-state index in [1.807, 2.05) is 48.0 Å². The van der Waals surface area contributed by atoms with Gasteiger partial charge in [-0.1, -0.05) is 61.1 Å². The molecule has 10 nitrogen and oxygen atoms in total. The summed E-state index contributed by atoms with van der Waals surface area (Å²) in [4.78, 5) is 33.6. The Morgan fingerprint density at radius 1 is 1.18 bits per heavy atom. The number of nitrogens with zero attached hydrogens (tertiary/aromatic N) is 6. The van der Waals surface area contributed by atoms with Crippen LogP contribution in [0, 0.1) is 11.8 Å². The summed E-state index contributed by atoms with van der Waals surface area (Å²) in [5, 5.41) is 4.37. The van der Waals surface area contributed by atoms with Crippen LogP contribution in [0.15, 0.2) is 58.0 Å². The second kappa shape index (κ2) is 10.6. The maximum atomic E-state index is 11.7. The van der Waals surface area contributed by atoms with Crippen LogP contribution in [0.1, 0.15) is 50.5 Å². The molecule has 3 atom stereocenters. The molecule has 1 aromatic carbocycles. The summed E-state index contributed by atoms with van der Waals surface area (Å²) in [6, 6.07) is 13.3. The molecule has 0 radical (unpaired) electrons. The first-order valence-corrected chi connectivity index (χ1v) is 13.8. The number of aromatic nitrogens is 7. The number of aryl methyl sites for hydroxylation is 1. The van der Waals surface area contributed by atoms with Crippen molar-refractivity contribution in [3.05, 3.63) is 75.8 Å². The van der Waals surface area contributed by atoms with Crippen molar-refractivity contribution in [2.45, 2.75) is 44.6 Å². The lowest BCUT2D eigenvalue weighted by Gasteiger charge is -2.37. The van der Waals surface area contributed by atoms with Crippen LogP contribution in [0.3, 0.4) is 0 Å². The van der Waals surface area contributed by atoms with Gasteiger partial charge in [-0.05, 0) is 48.9 Å². The Balaban J connectivity index is 1.61. The molecular weight excluding hydrogens is 530 g/mol. The van der Waals surface area contributed by atoms with E-state index >= 15 is 0 Å². The van der Waals surface area contributed by atoms with E-state index in [2.05, 4.69) is 17.1 Å². The van der Waals surface area contributed by atoms with Gasteiger partial charge in [-0.15, -0.1) is 0 Å². The third-order valence-electron chi connectivity index (χ3n) is 7.89.